The van der Waals surface area contributed by atoms with Gasteiger partial charge in [-0.1, -0.05) is 17.3 Å². The lowest BCUT2D eigenvalue weighted by molar-refractivity contribution is -0.186. The molecule has 1 atom stereocenters. The third-order valence-electron chi connectivity index (χ3n) is 12.0. The van der Waals surface area contributed by atoms with E-state index in [0.717, 1.165) is 110 Å². The summed E-state index contributed by atoms with van der Waals surface area (Å²) in [7, 11) is 0. The van der Waals surface area contributed by atoms with Crippen molar-refractivity contribution in [3.8, 4) is 22.6 Å². The zero-order valence-electron chi connectivity index (χ0n) is 35.8. The van der Waals surface area contributed by atoms with Gasteiger partial charge in [0.25, 0.3) is 11.7 Å². The molecule has 0 radical (unpaired) electrons. The van der Waals surface area contributed by atoms with E-state index in [9.17, 15) is 27.6 Å². The lowest BCUT2D eigenvalue weighted by Gasteiger charge is -2.34. The van der Waals surface area contributed by atoms with Gasteiger partial charge in [0.1, 0.15) is 17.4 Å². The number of aryl methyl sites for hydroxylation is 1. The van der Waals surface area contributed by atoms with Gasteiger partial charge in [0.2, 0.25) is 11.8 Å². The summed E-state index contributed by atoms with van der Waals surface area (Å²) in [5.41, 5.74) is 5.77. The van der Waals surface area contributed by atoms with E-state index in [-0.39, 0.29) is 11.9 Å². The third kappa shape index (κ3) is 9.39. The van der Waals surface area contributed by atoms with Crippen molar-refractivity contribution >= 4 is 45.9 Å². The van der Waals surface area contributed by atoms with E-state index < -0.39 is 35.3 Å². The van der Waals surface area contributed by atoms with Crippen LogP contribution in [0.15, 0.2) is 77.7 Å². The molecule has 64 heavy (non-hydrogen) atoms. The van der Waals surface area contributed by atoms with E-state index in [2.05, 4.69) is 51.3 Å². The predicted molar refractivity (Wildman–Crippen MR) is 235 cm³/mol. The second kappa shape index (κ2) is 18.1. The number of imide groups is 1. The summed E-state index contributed by atoms with van der Waals surface area (Å²) in [6.07, 6.45) is 1.14. The van der Waals surface area contributed by atoms with Gasteiger partial charge < -0.3 is 30.4 Å². The van der Waals surface area contributed by atoms with Crippen molar-refractivity contribution in [2.75, 3.05) is 54.4 Å². The van der Waals surface area contributed by atoms with Gasteiger partial charge in [-0.15, -0.1) is 0 Å². The normalized spacial score (nSPS) is 15.7. The molecule has 334 valence electrons. The van der Waals surface area contributed by atoms with E-state index in [4.69, 9.17) is 9.51 Å². The van der Waals surface area contributed by atoms with Crippen molar-refractivity contribution in [1.29, 1.82) is 0 Å². The van der Waals surface area contributed by atoms with E-state index in [0.29, 0.717) is 30.2 Å². The first-order valence-electron chi connectivity index (χ1n) is 21.2. The number of halogens is 3. The number of carbonyl (C=O) groups excluding carboxylic acids is 3. The van der Waals surface area contributed by atoms with Gasteiger partial charge in [0.15, 0.2) is 0 Å². The minimum atomic E-state index is -4.64. The highest BCUT2D eigenvalue weighted by Gasteiger charge is 2.53. The van der Waals surface area contributed by atoms with Crippen LogP contribution in [0.25, 0.3) is 33.7 Å². The Labute approximate surface area is 366 Å². The molecule has 2 aromatic carbocycles. The summed E-state index contributed by atoms with van der Waals surface area (Å²) < 4.78 is 45.2. The molecule has 6 heterocycles. The fourth-order valence-corrected chi connectivity index (χ4v) is 7.95. The number of hydrogen-bond acceptors (Lipinski definition) is 12. The number of rotatable bonds is 14. The number of pyridine rings is 1. The summed E-state index contributed by atoms with van der Waals surface area (Å²) in [5.74, 6) is -1.58. The molecule has 8 rings (SSSR count). The maximum absolute atomic E-state index is 13.5. The number of hydrogen-bond donors (Lipinski definition) is 5. The fourth-order valence-electron chi connectivity index (χ4n) is 7.95. The zero-order valence-corrected chi connectivity index (χ0v) is 35.8. The second-order valence-electron chi connectivity index (χ2n) is 16.7. The van der Waals surface area contributed by atoms with E-state index in [1.54, 1.807) is 18.0 Å². The van der Waals surface area contributed by atoms with Gasteiger partial charge in [-0.3, -0.25) is 24.8 Å². The molecule has 19 heteroatoms. The molecule has 0 bridgehead atoms. The Morgan fingerprint density at radius 3 is 2.42 bits per heavy atom. The smallest absolute Gasteiger partial charge is 0.383 e. The standard InChI is InChI=1S/C45H49F3N12O4/c1-26-21-29(5-11-33(26)27(2)54-41(62)40-57-42(64-58-40)44(3,4)45(46,47)48)38-34-22-36(55-39(34)53-25-52-38)35-12-6-30(24-51-35)50-17-16-49-23-28-13-18-59(19-14-28)31-7-9-32(10-8-31)60-20-15-37(61)56-43(60)63/h5-12,21-22,24-25,27-28,49-50H,13-20,23H2,1-4H3,(H,54,62)(H,52,53,55)(H,56,61,63)/t27-/m1/s1. The number of anilines is 3. The van der Waals surface area contributed by atoms with Crippen molar-refractivity contribution in [3.63, 3.8) is 0 Å². The topological polar surface area (TPSA) is 199 Å². The highest BCUT2D eigenvalue weighted by molar-refractivity contribution is 6.05. The van der Waals surface area contributed by atoms with Crippen LogP contribution in [0.2, 0.25) is 0 Å². The largest absolute Gasteiger partial charge is 0.402 e. The van der Waals surface area contributed by atoms with Gasteiger partial charge in [-0.2, -0.15) is 18.2 Å². The number of nitrogens with one attached hydrogen (secondary N) is 5. The fraction of sp³-hybridized carbons (Fsp3) is 0.378. The quantitative estimate of drug-likeness (QED) is 0.0699. The first-order chi connectivity index (χ1) is 30.6. The average molecular weight is 879 g/mol. The van der Waals surface area contributed by atoms with Crippen LogP contribution in [0.3, 0.4) is 0 Å². The summed E-state index contributed by atoms with van der Waals surface area (Å²) in [6, 6.07) is 18.7. The van der Waals surface area contributed by atoms with Crippen LogP contribution in [0.1, 0.15) is 73.7 Å². The van der Waals surface area contributed by atoms with Gasteiger partial charge in [-0.25, -0.2) is 14.8 Å². The van der Waals surface area contributed by atoms with E-state index >= 15 is 0 Å². The second-order valence-corrected chi connectivity index (χ2v) is 16.7. The van der Waals surface area contributed by atoms with Gasteiger partial charge in [-0.05, 0) is 113 Å². The number of alkyl halides is 3. The lowest BCUT2D eigenvalue weighted by atomic mass is 9.93. The lowest BCUT2D eigenvalue weighted by Crippen LogP contribution is -2.49. The molecule has 16 nitrogen and oxygen atoms in total. The maximum Gasteiger partial charge on any atom is 0.402 e. The Morgan fingerprint density at radius 2 is 1.72 bits per heavy atom. The molecule has 2 aliphatic heterocycles. The number of H-pyrrole nitrogens is 1. The number of aromatic nitrogens is 6. The van der Waals surface area contributed by atoms with Crippen LogP contribution in [-0.4, -0.2) is 93.4 Å². The summed E-state index contributed by atoms with van der Waals surface area (Å²) >= 11 is 0. The molecular formula is C45H49F3N12O4. The molecule has 0 unspecified atom stereocenters. The van der Waals surface area contributed by atoms with Crippen molar-refractivity contribution in [2.24, 2.45) is 5.92 Å². The highest BCUT2D eigenvalue weighted by atomic mass is 19.4. The van der Waals surface area contributed by atoms with Crippen LogP contribution < -0.4 is 31.1 Å². The summed E-state index contributed by atoms with van der Waals surface area (Å²) in [6.45, 7) is 10.3. The Balaban J connectivity index is 0.799. The van der Waals surface area contributed by atoms with E-state index in [1.807, 2.05) is 67.6 Å². The maximum atomic E-state index is 13.5. The Hall–Kier alpha value is -6.89. The van der Waals surface area contributed by atoms with Gasteiger partial charge in [0, 0.05) is 61.5 Å². The van der Waals surface area contributed by atoms with Gasteiger partial charge >= 0.3 is 12.2 Å². The number of benzene rings is 2. The molecule has 0 saturated carbocycles. The predicted octanol–water partition coefficient (Wildman–Crippen LogP) is 7.07. The average Bonchev–Trinajstić information content (AvgIpc) is 3.96. The number of amides is 4. The summed E-state index contributed by atoms with van der Waals surface area (Å²) in [4.78, 5) is 61.4. The number of nitrogens with zero attached hydrogens (tertiary/aromatic N) is 7. The Bertz CT molecular complexity index is 2640. The molecule has 4 aromatic heterocycles. The first kappa shape index (κ1) is 43.7. The molecule has 2 fully saturated rings. The SMILES string of the molecule is Cc1cc(-c2ncnc3[nH]c(-c4ccc(NCCNCC5CCN(c6ccc(N7CCC(=O)NC7=O)cc6)CC5)cn4)cc23)ccc1[C@@H](C)NC(=O)c1noc(C(C)(C)C(F)(F)F)n1. The van der Waals surface area contributed by atoms with Crippen LogP contribution in [0.4, 0.5) is 35.0 Å². The van der Waals surface area contributed by atoms with Crippen molar-refractivity contribution in [3.05, 3.63) is 96.0 Å². The molecule has 4 amide bonds. The molecular weight excluding hydrogens is 830 g/mol. The molecule has 2 aliphatic rings. The molecule has 6 aromatic rings. The highest BCUT2D eigenvalue weighted by Crippen LogP contribution is 2.39. The van der Waals surface area contributed by atoms with Crippen LogP contribution in [-0.2, 0) is 10.2 Å². The molecule has 5 N–H and O–H groups in total. The van der Waals surface area contributed by atoms with E-state index in [1.165, 1.54) is 6.33 Å². The number of carbonyl (C=O) groups is 3. The van der Waals surface area contributed by atoms with Crippen LogP contribution in [0, 0.1) is 12.8 Å². The van der Waals surface area contributed by atoms with Crippen molar-refractivity contribution in [1.82, 2.24) is 46.0 Å². The first-order valence-corrected chi connectivity index (χ1v) is 21.2. The Kier molecular flexibility index (Phi) is 12.4. The van der Waals surface area contributed by atoms with Crippen molar-refractivity contribution < 1.29 is 32.1 Å². The number of urea groups is 1. The zero-order chi connectivity index (χ0) is 45.2. The minimum absolute atomic E-state index is 0.239. The van der Waals surface area contributed by atoms with Gasteiger partial charge in [0.05, 0.1) is 35.0 Å². The summed E-state index contributed by atoms with van der Waals surface area (Å²) in [5, 5.41) is 16.5. The minimum Gasteiger partial charge on any atom is -0.383 e. The van der Waals surface area contributed by atoms with Crippen LogP contribution >= 0.6 is 0 Å². The number of piperidine rings is 1. The Morgan fingerprint density at radius 1 is 0.953 bits per heavy atom. The van der Waals surface area contributed by atoms with Crippen molar-refractivity contribution in [2.45, 2.75) is 64.6 Å². The molecule has 0 aliphatic carbocycles. The molecule has 0 spiro atoms. The monoisotopic (exact) mass is 878 g/mol. The molecule has 2 saturated heterocycles. The number of aromatic amines is 1. The third-order valence-corrected chi connectivity index (χ3v) is 12.0. The number of fused-ring (bicyclic) bond motifs is 1. The van der Waals surface area contributed by atoms with Crippen LogP contribution in [0.5, 0.6) is 0 Å².